The zero-order valence-electron chi connectivity index (χ0n) is 14.8. The van der Waals surface area contributed by atoms with Crippen molar-refractivity contribution in [1.29, 1.82) is 0 Å². The van der Waals surface area contributed by atoms with Crippen molar-refractivity contribution in [2.45, 2.75) is 26.7 Å². The van der Waals surface area contributed by atoms with E-state index in [9.17, 15) is 9.59 Å². The second-order valence-corrected chi connectivity index (χ2v) is 6.07. The molecule has 134 valence electrons. The first kappa shape index (κ1) is 18.6. The normalized spacial score (nSPS) is 10.6. The summed E-state index contributed by atoms with van der Waals surface area (Å²) in [5.74, 6) is 0.752. The Bertz CT molecular complexity index is 708. The predicted octanol–water partition coefficient (Wildman–Crippen LogP) is 2.64. The standard InChI is InChI=1S/C19H24N2O4/c1-13(2)15-7-6-14(3)11-17(15)25-12-18(22)20-8-9-21-19(23)16-5-4-10-24-16/h4-7,10-11,13H,8-9,12H2,1-3H3,(H,20,22)(H,21,23). The lowest BCUT2D eigenvalue weighted by molar-refractivity contribution is -0.123. The van der Waals surface area contributed by atoms with Crippen LogP contribution in [0.5, 0.6) is 5.75 Å². The molecule has 0 aliphatic carbocycles. The van der Waals surface area contributed by atoms with E-state index < -0.39 is 0 Å². The summed E-state index contributed by atoms with van der Waals surface area (Å²) in [6.07, 6.45) is 1.44. The molecule has 0 aliphatic heterocycles. The largest absolute Gasteiger partial charge is 0.483 e. The number of hydrogen-bond acceptors (Lipinski definition) is 4. The van der Waals surface area contributed by atoms with E-state index in [2.05, 4.69) is 24.5 Å². The van der Waals surface area contributed by atoms with Crippen LogP contribution in [-0.2, 0) is 4.79 Å². The maximum atomic E-state index is 11.9. The van der Waals surface area contributed by atoms with Crippen LogP contribution in [0.15, 0.2) is 41.0 Å². The average molecular weight is 344 g/mol. The van der Waals surface area contributed by atoms with Gasteiger partial charge in [0.15, 0.2) is 12.4 Å². The molecule has 1 heterocycles. The summed E-state index contributed by atoms with van der Waals surface area (Å²) in [6, 6.07) is 9.22. The van der Waals surface area contributed by atoms with Gasteiger partial charge in [-0.05, 0) is 42.2 Å². The van der Waals surface area contributed by atoms with Gasteiger partial charge in [0.25, 0.3) is 11.8 Å². The third kappa shape index (κ3) is 5.67. The summed E-state index contributed by atoms with van der Waals surface area (Å²) in [5.41, 5.74) is 2.16. The second kappa shape index (κ2) is 8.92. The highest BCUT2D eigenvalue weighted by atomic mass is 16.5. The molecular weight excluding hydrogens is 320 g/mol. The predicted molar refractivity (Wildman–Crippen MR) is 94.8 cm³/mol. The molecule has 25 heavy (non-hydrogen) atoms. The van der Waals surface area contributed by atoms with Crippen molar-refractivity contribution < 1.29 is 18.7 Å². The molecule has 6 nitrogen and oxygen atoms in total. The second-order valence-electron chi connectivity index (χ2n) is 6.07. The fraction of sp³-hybridized carbons (Fsp3) is 0.368. The minimum atomic E-state index is -0.308. The topological polar surface area (TPSA) is 80.6 Å². The molecule has 1 aromatic heterocycles. The maximum absolute atomic E-state index is 11.9. The van der Waals surface area contributed by atoms with E-state index >= 15 is 0 Å². The van der Waals surface area contributed by atoms with Crippen molar-refractivity contribution in [3.8, 4) is 5.75 Å². The number of amides is 2. The summed E-state index contributed by atoms with van der Waals surface area (Å²) < 4.78 is 10.6. The molecule has 6 heteroatoms. The van der Waals surface area contributed by atoms with Gasteiger partial charge in [-0.2, -0.15) is 0 Å². The first-order valence-corrected chi connectivity index (χ1v) is 8.29. The van der Waals surface area contributed by atoms with E-state index in [0.29, 0.717) is 19.0 Å². The number of benzene rings is 1. The SMILES string of the molecule is Cc1ccc(C(C)C)c(OCC(=O)NCCNC(=O)c2ccco2)c1. The Kier molecular flexibility index (Phi) is 6.62. The lowest BCUT2D eigenvalue weighted by Gasteiger charge is -2.14. The lowest BCUT2D eigenvalue weighted by Crippen LogP contribution is -2.36. The van der Waals surface area contributed by atoms with E-state index in [4.69, 9.17) is 9.15 Å². The van der Waals surface area contributed by atoms with E-state index in [0.717, 1.165) is 16.9 Å². The minimum absolute atomic E-state index is 0.0602. The van der Waals surface area contributed by atoms with Gasteiger partial charge < -0.3 is 19.8 Å². The zero-order chi connectivity index (χ0) is 18.2. The molecule has 0 spiro atoms. The van der Waals surface area contributed by atoms with Crippen LogP contribution in [0, 0.1) is 6.92 Å². The van der Waals surface area contributed by atoms with Crippen molar-refractivity contribution in [3.05, 3.63) is 53.5 Å². The molecule has 0 atom stereocenters. The minimum Gasteiger partial charge on any atom is -0.483 e. The molecule has 0 radical (unpaired) electrons. The number of aryl methyl sites for hydroxylation is 1. The van der Waals surface area contributed by atoms with Crippen molar-refractivity contribution in [1.82, 2.24) is 10.6 Å². The summed E-state index contributed by atoms with van der Waals surface area (Å²) >= 11 is 0. The van der Waals surface area contributed by atoms with Gasteiger partial charge in [0.05, 0.1) is 6.26 Å². The van der Waals surface area contributed by atoms with Crippen molar-refractivity contribution in [2.24, 2.45) is 0 Å². The van der Waals surface area contributed by atoms with Crippen LogP contribution in [0.3, 0.4) is 0 Å². The fourth-order valence-electron chi connectivity index (χ4n) is 2.31. The molecule has 2 rings (SSSR count). The maximum Gasteiger partial charge on any atom is 0.287 e. The van der Waals surface area contributed by atoms with Gasteiger partial charge in [0, 0.05) is 13.1 Å². The van der Waals surface area contributed by atoms with Gasteiger partial charge in [-0.25, -0.2) is 0 Å². The summed E-state index contributed by atoms with van der Waals surface area (Å²) in [4.78, 5) is 23.5. The van der Waals surface area contributed by atoms with E-state index in [-0.39, 0.29) is 24.2 Å². The zero-order valence-corrected chi connectivity index (χ0v) is 14.8. The van der Waals surface area contributed by atoms with Crippen LogP contribution in [0.2, 0.25) is 0 Å². The van der Waals surface area contributed by atoms with Gasteiger partial charge in [-0.1, -0.05) is 26.0 Å². The third-order valence-corrected chi connectivity index (χ3v) is 3.63. The molecule has 0 saturated heterocycles. The number of furan rings is 1. The average Bonchev–Trinajstić information content (AvgIpc) is 3.11. The fourth-order valence-corrected chi connectivity index (χ4v) is 2.31. The number of carbonyl (C=O) groups is 2. The van der Waals surface area contributed by atoms with Gasteiger partial charge in [-0.15, -0.1) is 0 Å². The third-order valence-electron chi connectivity index (χ3n) is 3.63. The van der Waals surface area contributed by atoms with Crippen molar-refractivity contribution in [3.63, 3.8) is 0 Å². The Morgan fingerprint density at radius 2 is 1.92 bits per heavy atom. The first-order valence-electron chi connectivity index (χ1n) is 8.29. The van der Waals surface area contributed by atoms with Crippen LogP contribution in [0.25, 0.3) is 0 Å². The molecule has 0 unspecified atom stereocenters. The highest BCUT2D eigenvalue weighted by molar-refractivity contribution is 5.91. The van der Waals surface area contributed by atoms with Gasteiger partial charge in [0.1, 0.15) is 5.75 Å². The van der Waals surface area contributed by atoms with Crippen LogP contribution in [0.1, 0.15) is 41.4 Å². The highest BCUT2D eigenvalue weighted by Gasteiger charge is 2.11. The van der Waals surface area contributed by atoms with Gasteiger partial charge in [-0.3, -0.25) is 9.59 Å². The molecule has 1 aromatic carbocycles. The van der Waals surface area contributed by atoms with Crippen molar-refractivity contribution in [2.75, 3.05) is 19.7 Å². The van der Waals surface area contributed by atoms with Crippen LogP contribution in [-0.4, -0.2) is 31.5 Å². The number of carbonyl (C=O) groups excluding carboxylic acids is 2. The molecular formula is C19H24N2O4. The van der Waals surface area contributed by atoms with E-state index in [1.165, 1.54) is 6.26 Å². The Hall–Kier alpha value is -2.76. The number of ether oxygens (including phenoxy) is 1. The van der Waals surface area contributed by atoms with Gasteiger partial charge in [0.2, 0.25) is 0 Å². The Morgan fingerprint density at radius 1 is 1.16 bits per heavy atom. The van der Waals surface area contributed by atoms with Crippen molar-refractivity contribution >= 4 is 11.8 Å². The van der Waals surface area contributed by atoms with Gasteiger partial charge >= 0.3 is 0 Å². The molecule has 0 aliphatic rings. The van der Waals surface area contributed by atoms with Crippen LogP contribution in [0.4, 0.5) is 0 Å². The molecule has 2 aromatic rings. The Labute approximate surface area is 147 Å². The highest BCUT2D eigenvalue weighted by Crippen LogP contribution is 2.27. The molecule has 0 fully saturated rings. The Morgan fingerprint density at radius 3 is 2.60 bits per heavy atom. The van der Waals surface area contributed by atoms with Crippen LogP contribution >= 0.6 is 0 Å². The number of hydrogen-bond donors (Lipinski definition) is 2. The Balaban J connectivity index is 1.72. The molecule has 0 bridgehead atoms. The lowest BCUT2D eigenvalue weighted by atomic mass is 10.0. The smallest absolute Gasteiger partial charge is 0.287 e. The van der Waals surface area contributed by atoms with Crippen LogP contribution < -0.4 is 15.4 Å². The molecule has 2 N–H and O–H groups in total. The summed E-state index contributed by atoms with van der Waals surface area (Å²) in [7, 11) is 0. The first-order chi connectivity index (χ1) is 12.0. The summed E-state index contributed by atoms with van der Waals surface area (Å²) in [6.45, 7) is 6.72. The van der Waals surface area contributed by atoms with E-state index in [1.807, 2.05) is 25.1 Å². The summed E-state index contributed by atoms with van der Waals surface area (Å²) in [5, 5.41) is 5.37. The number of nitrogens with one attached hydrogen (secondary N) is 2. The molecule has 2 amide bonds. The number of rotatable bonds is 8. The van der Waals surface area contributed by atoms with E-state index in [1.54, 1.807) is 12.1 Å². The quantitative estimate of drug-likeness (QED) is 0.722. The molecule has 0 saturated carbocycles. The monoisotopic (exact) mass is 344 g/mol.